The molecule has 0 amide bonds. The number of carbonyl (C=O) groups excluding carboxylic acids is 1. The Bertz CT molecular complexity index is 397. The second-order valence-electron chi connectivity index (χ2n) is 4.60. The van der Waals surface area contributed by atoms with Crippen LogP contribution in [-0.2, 0) is 0 Å². The second-order valence-corrected chi connectivity index (χ2v) is 4.60. The van der Waals surface area contributed by atoms with Gasteiger partial charge in [-0.3, -0.25) is 4.79 Å². The number of aryl methyl sites for hydroxylation is 1. The Balaban J connectivity index is 3.07. The zero-order chi connectivity index (χ0) is 12.3. The zero-order valence-electron chi connectivity index (χ0n) is 10.3. The molecule has 0 bridgehead atoms. The van der Waals surface area contributed by atoms with E-state index in [-0.39, 0.29) is 5.78 Å². The molecule has 1 rings (SSSR count). The van der Waals surface area contributed by atoms with Crippen LogP contribution in [0.15, 0.2) is 18.2 Å². The smallest absolute Gasteiger partial charge is 0.169 e. The second kappa shape index (κ2) is 4.66. The number of nitrogens with two attached hydrogens (primary N) is 1. The van der Waals surface area contributed by atoms with E-state index in [2.05, 4.69) is 0 Å². The van der Waals surface area contributed by atoms with Crippen LogP contribution in [0.4, 0.5) is 0 Å². The van der Waals surface area contributed by atoms with Gasteiger partial charge in [0.25, 0.3) is 0 Å². The Morgan fingerprint density at radius 1 is 1.44 bits per heavy atom. The Hall–Kier alpha value is -1.35. The molecule has 1 aromatic rings. The molecular weight excluding hydrogens is 202 g/mol. The van der Waals surface area contributed by atoms with Gasteiger partial charge in [0, 0.05) is 17.5 Å². The summed E-state index contributed by atoms with van der Waals surface area (Å²) < 4.78 is 5.16. The van der Waals surface area contributed by atoms with E-state index in [1.165, 1.54) is 0 Å². The largest absolute Gasteiger partial charge is 0.496 e. The molecule has 0 saturated carbocycles. The lowest BCUT2D eigenvalue weighted by Crippen LogP contribution is -2.32. The van der Waals surface area contributed by atoms with E-state index in [0.29, 0.717) is 12.1 Å². The fourth-order valence-electron chi connectivity index (χ4n) is 1.50. The number of hydrogen-bond donors (Lipinski definition) is 1. The maximum absolute atomic E-state index is 12.1. The Morgan fingerprint density at radius 2 is 2.06 bits per heavy atom. The van der Waals surface area contributed by atoms with Crippen molar-refractivity contribution < 1.29 is 9.53 Å². The van der Waals surface area contributed by atoms with E-state index in [9.17, 15) is 4.79 Å². The van der Waals surface area contributed by atoms with Crippen LogP contribution in [-0.4, -0.2) is 19.4 Å². The van der Waals surface area contributed by atoms with Crippen molar-refractivity contribution >= 4 is 5.78 Å². The molecule has 88 valence electrons. The molecule has 2 N–H and O–H groups in total. The van der Waals surface area contributed by atoms with Crippen molar-refractivity contribution in [3.63, 3.8) is 0 Å². The maximum atomic E-state index is 12.1. The van der Waals surface area contributed by atoms with Crippen molar-refractivity contribution in [3.8, 4) is 5.75 Å². The molecule has 0 aliphatic heterocycles. The van der Waals surface area contributed by atoms with E-state index in [4.69, 9.17) is 10.5 Å². The van der Waals surface area contributed by atoms with E-state index in [1.54, 1.807) is 13.2 Å². The first-order chi connectivity index (χ1) is 7.42. The first-order valence-electron chi connectivity index (χ1n) is 5.32. The maximum Gasteiger partial charge on any atom is 0.169 e. The molecule has 1 aromatic carbocycles. The molecule has 0 atom stereocenters. The lowest BCUT2D eigenvalue weighted by atomic mass is 9.84. The number of hydrogen-bond acceptors (Lipinski definition) is 3. The summed E-state index contributed by atoms with van der Waals surface area (Å²) in [7, 11) is 1.62. The molecule has 0 spiro atoms. The van der Waals surface area contributed by atoms with Crippen molar-refractivity contribution in [2.45, 2.75) is 20.8 Å². The average molecular weight is 221 g/mol. The molecule has 0 heterocycles. The van der Waals surface area contributed by atoms with Gasteiger partial charge >= 0.3 is 0 Å². The van der Waals surface area contributed by atoms with Gasteiger partial charge in [-0.15, -0.1) is 0 Å². The SMILES string of the molecule is COc1ccc(C(=O)C(C)(C)CN)cc1C. The average Bonchev–Trinajstić information content (AvgIpc) is 2.27. The van der Waals surface area contributed by atoms with Crippen molar-refractivity contribution in [2.24, 2.45) is 11.1 Å². The molecule has 3 nitrogen and oxygen atoms in total. The van der Waals surface area contributed by atoms with Crippen molar-refractivity contribution in [2.75, 3.05) is 13.7 Å². The summed E-state index contributed by atoms with van der Waals surface area (Å²) in [6.07, 6.45) is 0. The van der Waals surface area contributed by atoms with Gasteiger partial charge in [-0.1, -0.05) is 13.8 Å². The number of benzene rings is 1. The van der Waals surface area contributed by atoms with Gasteiger partial charge in [0.15, 0.2) is 5.78 Å². The minimum atomic E-state index is -0.513. The van der Waals surface area contributed by atoms with Gasteiger partial charge in [0.05, 0.1) is 7.11 Å². The van der Waals surface area contributed by atoms with Crippen LogP contribution in [0.2, 0.25) is 0 Å². The Labute approximate surface area is 96.6 Å². The third kappa shape index (κ3) is 2.42. The van der Waals surface area contributed by atoms with Crippen LogP contribution >= 0.6 is 0 Å². The molecule has 0 aromatic heterocycles. The highest BCUT2D eigenvalue weighted by Crippen LogP contribution is 2.24. The molecule has 0 aliphatic carbocycles. The highest BCUT2D eigenvalue weighted by Gasteiger charge is 2.27. The molecule has 16 heavy (non-hydrogen) atoms. The number of ether oxygens (including phenoxy) is 1. The minimum absolute atomic E-state index is 0.0701. The van der Waals surface area contributed by atoms with E-state index in [0.717, 1.165) is 11.3 Å². The number of methoxy groups -OCH3 is 1. The fraction of sp³-hybridized carbons (Fsp3) is 0.462. The van der Waals surface area contributed by atoms with Crippen LogP contribution in [0.3, 0.4) is 0 Å². The summed E-state index contributed by atoms with van der Waals surface area (Å²) in [5, 5.41) is 0. The normalized spacial score (nSPS) is 11.3. The summed E-state index contributed by atoms with van der Waals surface area (Å²) in [6, 6.07) is 5.44. The minimum Gasteiger partial charge on any atom is -0.496 e. The molecule has 0 fully saturated rings. The lowest BCUT2D eigenvalue weighted by Gasteiger charge is -2.21. The number of rotatable bonds is 4. The first kappa shape index (κ1) is 12.7. The predicted molar refractivity (Wildman–Crippen MR) is 64.9 cm³/mol. The zero-order valence-corrected chi connectivity index (χ0v) is 10.3. The van der Waals surface area contributed by atoms with Crippen LogP contribution in [0, 0.1) is 12.3 Å². The van der Waals surface area contributed by atoms with E-state index < -0.39 is 5.41 Å². The van der Waals surface area contributed by atoms with Gasteiger partial charge < -0.3 is 10.5 Å². The first-order valence-corrected chi connectivity index (χ1v) is 5.32. The summed E-state index contributed by atoms with van der Waals surface area (Å²) in [5.41, 5.74) is 6.73. The van der Waals surface area contributed by atoms with Gasteiger partial charge in [0.2, 0.25) is 0 Å². The number of carbonyl (C=O) groups is 1. The molecule has 3 heteroatoms. The van der Waals surface area contributed by atoms with Crippen LogP contribution in [0.25, 0.3) is 0 Å². The van der Waals surface area contributed by atoms with Crippen LogP contribution in [0.5, 0.6) is 5.75 Å². The van der Waals surface area contributed by atoms with Crippen LogP contribution < -0.4 is 10.5 Å². The van der Waals surface area contributed by atoms with Crippen molar-refractivity contribution in [1.29, 1.82) is 0 Å². The summed E-state index contributed by atoms with van der Waals surface area (Å²) >= 11 is 0. The molecule has 0 aliphatic rings. The monoisotopic (exact) mass is 221 g/mol. The Morgan fingerprint density at radius 3 is 2.50 bits per heavy atom. The topological polar surface area (TPSA) is 52.3 Å². The van der Waals surface area contributed by atoms with E-state index >= 15 is 0 Å². The van der Waals surface area contributed by atoms with E-state index in [1.807, 2.05) is 32.9 Å². The van der Waals surface area contributed by atoms with Gasteiger partial charge in [-0.2, -0.15) is 0 Å². The number of ketones is 1. The highest BCUT2D eigenvalue weighted by molar-refractivity contribution is 6.00. The van der Waals surface area contributed by atoms with Crippen LogP contribution in [0.1, 0.15) is 29.8 Å². The van der Waals surface area contributed by atoms with Crippen molar-refractivity contribution in [1.82, 2.24) is 0 Å². The van der Waals surface area contributed by atoms with Gasteiger partial charge in [-0.05, 0) is 30.7 Å². The quantitative estimate of drug-likeness (QED) is 0.793. The summed E-state index contributed by atoms with van der Waals surface area (Å²) in [6.45, 7) is 5.98. The fourth-order valence-corrected chi connectivity index (χ4v) is 1.50. The molecular formula is C13H19NO2. The third-order valence-corrected chi connectivity index (χ3v) is 2.78. The third-order valence-electron chi connectivity index (χ3n) is 2.78. The molecule has 0 saturated heterocycles. The van der Waals surface area contributed by atoms with Gasteiger partial charge in [-0.25, -0.2) is 0 Å². The Kier molecular flexibility index (Phi) is 3.70. The summed E-state index contributed by atoms with van der Waals surface area (Å²) in [4.78, 5) is 12.1. The molecule has 0 radical (unpaired) electrons. The van der Waals surface area contributed by atoms with Gasteiger partial charge in [0.1, 0.15) is 5.75 Å². The number of Topliss-reactive ketones (excluding diaryl/α,β-unsaturated/α-hetero) is 1. The highest BCUT2D eigenvalue weighted by atomic mass is 16.5. The summed E-state index contributed by atoms with van der Waals surface area (Å²) in [5.74, 6) is 0.864. The van der Waals surface area contributed by atoms with Crippen molar-refractivity contribution in [3.05, 3.63) is 29.3 Å². The standard InChI is InChI=1S/C13H19NO2/c1-9-7-10(5-6-11(9)16-4)12(15)13(2,3)8-14/h5-7H,8,14H2,1-4H3. The molecule has 0 unspecified atom stereocenters. The lowest BCUT2D eigenvalue weighted by molar-refractivity contribution is 0.0847. The predicted octanol–water partition coefficient (Wildman–Crippen LogP) is 2.17.